The van der Waals surface area contributed by atoms with Gasteiger partial charge in [-0.3, -0.25) is 9.59 Å². The minimum atomic E-state index is -0.805. The third-order valence-electron chi connectivity index (χ3n) is 11.7. The van der Waals surface area contributed by atoms with Crippen molar-refractivity contribution in [2.75, 3.05) is 6.61 Å². The number of unbranched alkanes of at least 4 members (excludes halogenated alkanes) is 27. The third kappa shape index (κ3) is 44.0. The number of esters is 1. The van der Waals surface area contributed by atoms with Gasteiger partial charge in [0.05, 0.1) is 25.2 Å². The summed E-state index contributed by atoms with van der Waals surface area (Å²) in [7, 11) is 0. The number of hydrogen-bond donors (Lipinski definition) is 3. The van der Waals surface area contributed by atoms with Gasteiger partial charge in [0.1, 0.15) is 6.10 Å². The Kier molecular flexibility index (Phi) is 46.6. The zero-order valence-corrected chi connectivity index (χ0v) is 40.3. The molecule has 0 aliphatic heterocycles. The standard InChI is InChI=1S/C55H99NO5/c1-4-7-10-13-16-19-22-24-25-26-27-28-29-30-33-36-39-42-45-48-55(60)61-51(46-43-40-37-34-31-21-18-15-12-9-6-3)49-54(59)56-52(50-57)53(58)47-44-41-38-35-32-23-20-17-14-11-8-5-2/h9,12,15,18,21,24-25,31,34,37,51-53,57-58H,4-8,10-11,13-14,16-17,19-20,22-23,26-30,32-33,35-36,38-50H2,1-3H3,(H,56,59)/b12-9+,18-15+,25-24+,31-21-,37-34-. The quantitative estimate of drug-likeness (QED) is 0.0245. The molecule has 61 heavy (non-hydrogen) atoms. The molecule has 0 fully saturated rings. The number of nitrogens with one attached hydrogen (secondary N) is 1. The number of carbonyl (C=O) groups is 2. The van der Waals surface area contributed by atoms with Gasteiger partial charge in [0, 0.05) is 6.42 Å². The summed E-state index contributed by atoms with van der Waals surface area (Å²) in [4.78, 5) is 26.1. The summed E-state index contributed by atoms with van der Waals surface area (Å²) in [5, 5.41) is 23.7. The van der Waals surface area contributed by atoms with E-state index in [9.17, 15) is 19.8 Å². The number of allylic oxidation sites excluding steroid dienone is 10. The van der Waals surface area contributed by atoms with E-state index in [0.29, 0.717) is 19.3 Å². The predicted molar refractivity (Wildman–Crippen MR) is 264 cm³/mol. The molecule has 3 atom stereocenters. The van der Waals surface area contributed by atoms with Crippen LogP contribution in [0.25, 0.3) is 0 Å². The van der Waals surface area contributed by atoms with Crippen molar-refractivity contribution >= 4 is 11.9 Å². The first-order chi connectivity index (χ1) is 30.0. The summed E-state index contributed by atoms with van der Waals surface area (Å²) in [5.74, 6) is -0.542. The van der Waals surface area contributed by atoms with Crippen LogP contribution >= 0.6 is 0 Å². The van der Waals surface area contributed by atoms with Crippen LogP contribution in [0.5, 0.6) is 0 Å². The van der Waals surface area contributed by atoms with Crippen LogP contribution in [0.3, 0.4) is 0 Å². The number of hydrogen-bond acceptors (Lipinski definition) is 5. The first kappa shape index (κ1) is 58.6. The maximum Gasteiger partial charge on any atom is 0.306 e. The van der Waals surface area contributed by atoms with E-state index in [0.717, 1.165) is 57.8 Å². The second-order valence-corrected chi connectivity index (χ2v) is 17.6. The van der Waals surface area contributed by atoms with Crippen molar-refractivity contribution in [3.8, 4) is 0 Å². The molecule has 0 aliphatic carbocycles. The van der Waals surface area contributed by atoms with Crippen LogP contribution in [0.15, 0.2) is 60.8 Å². The molecule has 3 N–H and O–H groups in total. The molecule has 0 spiro atoms. The smallest absolute Gasteiger partial charge is 0.306 e. The van der Waals surface area contributed by atoms with E-state index >= 15 is 0 Å². The van der Waals surface area contributed by atoms with Crippen LogP contribution in [0.1, 0.15) is 252 Å². The summed E-state index contributed by atoms with van der Waals surface area (Å²) in [6, 6.07) is -0.723. The minimum absolute atomic E-state index is 0.0305. The van der Waals surface area contributed by atoms with Crippen LogP contribution in [-0.2, 0) is 14.3 Å². The Bertz CT molecular complexity index is 1090. The fourth-order valence-corrected chi connectivity index (χ4v) is 7.74. The highest BCUT2D eigenvalue weighted by Crippen LogP contribution is 2.17. The second-order valence-electron chi connectivity index (χ2n) is 17.6. The maximum absolute atomic E-state index is 13.2. The van der Waals surface area contributed by atoms with Crippen LogP contribution in [0.2, 0.25) is 0 Å². The Labute approximate surface area is 378 Å². The van der Waals surface area contributed by atoms with Crippen LogP contribution < -0.4 is 5.32 Å². The Morgan fingerprint density at radius 3 is 1.41 bits per heavy atom. The fourth-order valence-electron chi connectivity index (χ4n) is 7.74. The largest absolute Gasteiger partial charge is 0.462 e. The lowest BCUT2D eigenvalue weighted by molar-refractivity contribution is -0.151. The Morgan fingerprint density at radius 2 is 0.918 bits per heavy atom. The SMILES string of the molecule is CC/C=C/C=C/C=C\C=C/CCCC(CC(=O)NC(CO)C(O)CCCCCCCCCCCCCC)OC(=O)CCCCCCCCCCC/C=C/CCCCCCCC. The molecule has 0 aromatic carbocycles. The summed E-state index contributed by atoms with van der Waals surface area (Å²) in [6.07, 6.45) is 60.1. The summed E-state index contributed by atoms with van der Waals surface area (Å²) in [5.41, 5.74) is 0. The molecular formula is C55H99NO5. The summed E-state index contributed by atoms with van der Waals surface area (Å²) in [6.45, 7) is 6.32. The Hall–Kier alpha value is -2.44. The van der Waals surface area contributed by atoms with E-state index in [2.05, 4.69) is 50.4 Å². The molecule has 3 unspecified atom stereocenters. The van der Waals surface area contributed by atoms with Gasteiger partial charge in [-0.05, 0) is 64.2 Å². The first-order valence-corrected chi connectivity index (χ1v) is 26.1. The molecule has 0 saturated heterocycles. The van der Waals surface area contributed by atoms with E-state index < -0.39 is 18.2 Å². The molecule has 0 aliphatic rings. The first-order valence-electron chi connectivity index (χ1n) is 26.1. The van der Waals surface area contributed by atoms with Gasteiger partial charge < -0.3 is 20.3 Å². The monoisotopic (exact) mass is 854 g/mol. The van der Waals surface area contributed by atoms with Crippen LogP contribution in [-0.4, -0.2) is 46.9 Å². The van der Waals surface area contributed by atoms with Crippen molar-refractivity contribution in [1.29, 1.82) is 0 Å². The Balaban J connectivity index is 4.54. The van der Waals surface area contributed by atoms with Crippen molar-refractivity contribution in [3.05, 3.63) is 60.8 Å². The number of carbonyl (C=O) groups excluding carboxylic acids is 2. The topological polar surface area (TPSA) is 95.9 Å². The van der Waals surface area contributed by atoms with Crippen LogP contribution in [0.4, 0.5) is 0 Å². The highest BCUT2D eigenvalue weighted by molar-refractivity contribution is 5.77. The van der Waals surface area contributed by atoms with Gasteiger partial charge >= 0.3 is 5.97 Å². The van der Waals surface area contributed by atoms with Crippen LogP contribution in [0, 0.1) is 0 Å². The lowest BCUT2D eigenvalue weighted by Gasteiger charge is -2.24. The lowest BCUT2D eigenvalue weighted by atomic mass is 10.0. The lowest BCUT2D eigenvalue weighted by Crippen LogP contribution is -2.46. The minimum Gasteiger partial charge on any atom is -0.462 e. The van der Waals surface area contributed by atoms with Gasteiger partial charge in [-0.25, -0.2) is 0 Å². The number of ether oxygens (including phenoxy) is 1. The Morgan fingerprint density at radius 1 is 0.492 bits per heavy atom. The maximum atomic E-state index is 13.2. The molecule has 0 aromatic heterocycles. The molecule has 0 rings (SSSR count). The number of amides is 1. The van der Waals surface area contributed by atoms with E-state index in [1.807, 2.05) is 36.5 Å². The molecule has 0 saturated carbocycles. The molecule has 1 amide bonds. The normalized spacial score (nSPS) is 13.7. The van der Waals surface area contributed by atoms with Gasteiger partial charge in [-0.1, -0.05) is 236 Å². The number of aliphatic hydroxyl groups excluding tert-OH is 2. The van der Waals surface area contributed by atoms with Gasteiger partial charge in [0.2, 0.25) is 5.91 Å². The average molecular weight is 854 g/mol. The predicted octanol–water partition coefficient (Wildman–Crippen LogP) is 15.6. The number of aliphatic hydroxyl groups is 2. The van der Waals surface area contributed by atoms with E-state index in [1.54, 1.807) is 0 Å². The zero-order valence-electron chi connectivity index (χ0n) is 40.3. The summed E-state index contributed by atoms with van der Waals surface area (Å²) >= 11 is 0. The van der Waals surface area contributed by atoms with Gasteiger partial charge in [-0.2, -0.15) is 0 Å². The average Bonchev–Trinajstić information content (AvgIpc) is 3.25. The van der Waals surface area contributed by atoms with Crippen molar-refractivity contribution in [2.24, 2.45) is 0 Å². The van der Waals surface area contributed by atoms with Gasteiger partial charge in [0.15, 0.2) is 0 Å². The van der Waals surface area contributed by atoms with Gasteiger partial charge in [-0.15, -0.1) is 0 Å². The molecule has 6 nitrogen and oxygen atoms in total. The van der Waals surface area contributed by atoms with Crippen molar-refractivity contribution in [2.45, 2.75) is 270 Å². The molecule has 0 bridgehead atoms. The molecule has 0 aromatic rings. The fraction of sp³-hybridized carbons (Fsp3) is 0.782. The molecule has 0 heterocycles. The summed E-state index contributed by atoms with van der Waals surface area (Å²) < 4.78 is 5.89. The highest BCUT2D eigenvalue weighted by Gasteiger charge is 2.24. The van der Waals surface area contributed by atoms with Crippen molar-refractivity contribution < 1.29 is 24.5 Å². The molecular weight excluding hydrogens is 755 g/mol. The van der Waals surface area contributed by atoms with Gasteiger partial charge in [0.25, 0.3) is 0 Å². The number of rotatable bonds is 46. The third-order valence-corrected chi connectivity index (χ3v) is 11.7. The zero-order chi connectivity index (χ0) is 44.5. The van der Waals surface area contributed by atoms with Crippen molar-refractivity contribution in [3.63, 3.8) is 0 Å². The van der Waals surface area contributed by atoms with Crippen molar-refractivity contribution in [1.82, 2.24) is 5.32 Å². The molecule has 6 heteroatoms. The molecule has 0 radical (unpaired) electrons. The van der Waals surface area contributed by atoms with E-state index in [4.69, 9.17) is 4.74 Å². The highest BCUT2D eigenvalue weighted by atomic mass is 16.5. The molecule has 354 valence electrons. The van der Waals surface area contributed by atoms with E-state index in [-0.39, 0.29) is 24.9 Å². The van der Waals surface area contributed by atoms with E-state index in [1.165, 1.54) is 148 Å². The second kappa shape index (κ2) is 48.6.